The highest BCUT2D eigenvalue weighted by molar-refractivity contribution is 4.62. The third-order valence-electron chi connectivity index (χ3n) is 1.08. The van der Waals surface area contributed by atoms with E-state index in [1.807, 2.05) is 6.92 Å². The predicted octanol–water partition coefficient (Wildman–Crippen LogP) is 1.76. The summed E-state index contributed by atoms with van der Waals surface area (Å²) < 4.78 is 0. The largest absolute Gasteiger partial charge is 0.393 e. The second-order valence-electron chi connectivity index (χ2n) is 2.12. The van der Waals surface area contributed by atoms with E-state index in [1.165, 1.54) is 0 Å². The molecule has 0 saturated heterocycles. The zero-order valence-electron chi connectivity index (χ0n) is 5.72. The highest BCUT2D eigenvalue weighted by Crippen LogP contribution is 2.00. The van der Waals surface area contributed by atoms with Gasteiger partial charge in [-0.15, -0.1) is 0 Å². The smallest absolute Gasteiger partial charge is 0.0512 e. The molecule has 1 atom stereocenters. The Bertz CT molecular complexity index is 41.7. The Balaban J connectivity index is 2.72. The molecule has 0 aromatic carbocycles. The summed E-state index contributed by atoms with van der Waals surface area (Å²) in [5, 5.41) is 8.76. The van der Waals surface area contributed by atoms with Gasteiger partial charge in [0.25, 0.3) is 0 Å². The van der Waals surface area contributed by atoms with Gasteiger partial charge in [-0.2, -0.15) is 0 Å². The van der Waals surface area contributed by atoms with Crippen molar-refractivity contribution in [3.05, 3.63) is 6.42 Å². The summed E-state index contributed by atoms with van der Waals surface area (Å²) in [7, 11) is 0. The Hall–Kier alpha value is -0.0400. The van der Waals surface area contributed by atoms with E-state index < -0.39 is 0 Å². The van der Waals surface area contributed by atoms with E-state index in [0.717, 1.165) is 19.3 Å². The summed E-state index contributed by atoms with van der Waals surface area (Å²) >= 11 is 0. The summed E-state index contributed by atoms with van der Waals surface area (Å²) in [6.45, 7) is 3.94. The first-order chi connectivity index (χ1) is 3.77. The van der Waals surface area contributed by atoms with Crippen molar-refractivity contribution in [2.75, 3.05) is 0 Å². The molecule has 49 valence electrons. The van der Waals surface area contributed by atoms with Crippen LogP contribution in [-0.4, -0.2) is 11.2 Å². The van der Waals surface area contributed by atoms with Gasteiger partial charge in [-0.25, -0.2) is 0 Å². The number of hydrogen-bond donors (Lipinski definition) is 1. The van der Waals surface area contributed by atoms with Crippen LogP contribution in [0.3, 0.4) is 0 Å². The van der Waals surface area contributed by atoms with Crippen LogP contribution >= 0.6 is 0 Å². The average molecular weight is 115 g/mol. The molecule has 8 heavy (non-hydrogen) atoms. The van der Waals surface area contributed by atoms with Crippen LogP contribution in [0.4, 0.5) is 0 Å². The van der Waals surface area contributed by atoms with Gasteiger partial charge >= 0.3 is 0 Å². The standard InChI is InChI=1S/C7H15O/c1-3-4-5-6-7(2)8/h4,7-8H,3,5-6H2,1-2H3. The molecule has 1 heteroatoms. The van der Waals surface area contributed by atoms with Crippen molar-refractivity contribution >= 4 is 0 Å². The van der Waals surface area contributed by atoms with E-state index in [9.17, 15) is 0 Å². The van der Waals surface area contributed by atoms with Gasteiger partial charge < -0.3 is 5.11 Å². The zero-order chi connectivity index (χ0) is 6.41. The van der Waals surface area contributed by atoms with E-state index >= 15 is 0 Å². The van der Waals surface area contributed by atoms with Crippen LogP contribution in [0.15, 0.2) is 0 Å². The Kier molecular flexibility index (Phi) is 5.08. The number of aliphatic hydroxyl groups excluding tert-OH is 1. The second kappa shape index (κ2) is 5.10. The quantitative estimate of drug-likeness (QED) is 0.553. The molecule has 0 aliphatic heterocycles. The Morgan fingerprint density at radius 1 is 1.62 bits per heavy atom. The fourth-order valence-corrected chi connectivity index (χ4v) is 0.563. The molecule has 0 aromatic rings. The summed E-state index contributed by atoms with van der Waals surface area (Å²) in [4.78, 5) is 0. The zero-order valence-corrected chi connectivity index (χ0v) is 5.72. The molecule has 0 aliphatic carbocycles. The summed E-state index contributed by atoms with van der Waals surface area (Å²) in [5.74, 6) is 0. The number of hydrogen-bond acceptors (Lipinski definition) is 1. The van der Waals surface area contributed by atoms with E-state index in [2.05, 4.69) is 13.3 Å². The van der Waals surface area contributed by atoms with Crippen LogP contribution in [0.2, 0.25) is 0 Å². The van der Waals surface area contributed by atoms with Crippen molar-refractivity contribution in [1.82, 2.24) is 0 Å². The minimum atomic E-state index is -0.127. The van der Waals surface area contributed by atoms with Crippen LogP contribution in [-0.2, 0) is 0 Å². The van der Waals surface area contributed by atoms with Crippen molar-refractivity contribution in [3.63, 3.8) is 0 Å². The lowest BCUT2D eigenvalue weighted by molar-refractivity contribution is 0.184. The van der Waals surface area contributed by atoms with E-state index in [1.54, 1.807) is 0 Å². The second-order valence-corrected chi connectivity index (χ2v) is 2.12. The molecule has 0 bridgehead atoms. The van der Waals surface area contributed by atoms with Gasteiger partial charge in [0.2, 0.25) is 0 Å². The molecule has 1 nitrogen and oxygen atoms in total. The molecule has 0 amide bonds. The van der Waals surface area contributed by atoms with Gasteiger partial charge in [-0.3, -0.25) is 0 Å². The molecule has 1 N–H and O–H groups in total. The van der Waals surface area contributed by atoms with Crippen molar-refractivity contribution in [3.8, 4) is 0 Å². The van der Waals surface area contributed by atoms with Gasteiger partial charge in [0.05, 0.1) is 6.10 Å². The van der Waals surface area contributed by atoms with Gasteiger partial charge in [-0.1, -0.05) is 13.3 Å². The lowest BCUT2D eigenvalue weighted by Gasteiger charge is -1.99. The molecule has 1 unspecified atom stereocenters. The molecular formula is C7H15O. The molecular weight excluding hydrogens is 100 g/mol. The van der Waals surface area contributed by atoms with E-state index in [0.29, 0.717) is 0 Å². The van der Waals surface area contributed by atoms with Gasteiger partial charge in [0.15, 0.2) is 0 Å². The molecule has 0 aromatic heterocycles. The summed E-state index contributed by atoms with van der Waals surface area (Å²) in [6, 6.07) is 0. The molecule has 0 saturated carbocycles. The number of aliphatic hydroxyl groups is 1. The fourth-order valence-electron chi connectivity index (χ4n) is 0.563. The van der Waals surface area contributed by atoms with Gasteiger partial charge in [0, 0.05) is 0 Å². The highest BCUT2D eigenvalue weighted by Gasteiger charge is 1.92. The molecule has 0 fully saturated rings. The maximum atomic E-state index is 8.76. The Morgan fingerprint density at radius 2 is 2.25 bits per heavy atom. The average Bonchev–Trinajstić information content (AvgIpc) is 1.66. The molecule has 1 radical (unpaired) electrons. The first-order valence-electron chi connectivity index (χ1n) is 3.27. The monoisotopic (exact) mass is 115 g/mol. The van der Waals surface area contributed by atoms with Gasteiger partial charge in [0.1, 0.15) is 0 Å². The Morgan fingerprint density at radius 3 is 2.62 bits per heavy atom. The van der Waals surface area contributed by atoms with Crippen molar-refractivity contribution in [1.29, 1.82) is 0 Å². The maximum absolute atomic E-state index is 8.76. The van der Waals surface area contributed by atoms with E-state index in [-0.39, 0.29) is 6.10 Å². The van der Waals surface area contributed by atoms with Crippen LogP contribution in [0.25, 0.3) is 0 Å². The fraction of sp³-hybridized carbons (Fsp3) is 0.857. The van der Waals surface area contributed by atoms with Crippen LogP contribution in [0, 0.1) is 6.42 Å². The lowest BCUT2D eigenvalue weighted by atomic mass is 10.1. The van der Waals surface area contributed by atoms with Gasteiger partial charge in [-0.05, 0) is 26.2 Å². The highest BCUT2D eigenvalue weighted by atomic mass is 16.3. The van der Waals surface area contributed by atoms with Crippen LogP contribution < -0.4 is 0 Å². The van der Waals surface area contributed by atoms with Crippen LogP contribution in [0.1, 0.15) is 33.1 Å². The van der Waals surface area contributed by atoms with E-state index in [4.69, 9.17) is 5.11 Å². The van der Waals surface area contributed by atoms with Crippen molar-refractivity contribution in [2.24, 2.45) is 0 Å². The molecule has 0 aliphatic rings. The number of rotatable bonds is 4. The summed E-state index contributed by atoms with van der Waals surface area (Å²) in [5.41, 5.74) is 0. The third kappa shape index (κ3) is 5.96. The molecule has 0 spiro atoms. The molecule has 0 heterocycles. The van der Waals surface area contributed by atoms with Crippen LogP contribution in [0.5, 0.6) is 0 Å². The number of unbranched alkanes of at least 4 members (excludes halogenated alkanes) is 2. The van der Waals surface area contributed by atoms with Crippen molar-refractivity contribution < 1.29 is 5.11 Å². The lowest BCUT2D eigenvalue weighted by Crippen LogP contribution is -1.97. The topological polar surface area (TPSA) is 20.2 Å². The molecule has 0 rings (SSSR count). The predicted molar refractivity (Wildman–Crippen MR) is 35.5 cm³/mol. The minimum absolute atomic E-state index is 0.127. The SMILES string of the molecule is CC[CH]CCC(C)O. The first-order valence-corrected chi connectivity index (χ1v) is 3.27. The van der Waals surface area contributed by atoms with Crippen molar-refractivity contribution in [2.45, 2.75) is 39.2 Å². The third-order valence-corrected chi connectivity index (χ3v) is 1.08. The minimum Gasteiger partial charge on any atom is -0.393 e. The Labute approximate surface area is 51.7 Å². The first kappa shape index (κ1) is 7.96. The summed E-state index contributed by atoms with van der Waals surface area (Å²) in [6.07, 6.45) is 5.14. The normalized spacial score (nSPS) is 13.9. The maximum Gasteiger partial charge on any atom is 0.0512 e.